The van der Waals surface area contributed by atoms with Gasteiger partial charge in [0.25, 0.3) is 5.91 Å². The molecule has 1 aromatic heterocycles. The first kappa shape index (κ1) is 16.0. The molecule has 5 heteroatoms. The Balaban J connectivity index is 1.57. The van der Waals surface area contributed by atoms with E-state index < -0.39 is 0 Å². The normalized spacial score (nSPS) is 16.8. The van der Waals surface area contributed by atoms with Crippen molar-refractivity contribution in [1.82, 2.24) is 20.1 Å². The fraction of sp³-hybridized carbons (Fsp3) is 0.500. The number of carbonyl (C=O) groups is 1. The molecule has 23 heavy (non-hydrogen) atoms. The molecule has 2 heterocycles. The molecule has 3 rings (SSSR count). The van der Waals surface area contributed by atoms with E-state index in [9.17, 15) is 4.79 Å². The molecule has 0 unspecified atom stereocenters. The summed E-state index contributed by atoms with van der Waals surface area (Å²) in [4.78, 5) is 20.4. The minimum absolute atomic E-state index is 0.0132. The Morgan fingerprint density at radius 1 is 1.22 bits per heavy atom. The van der Waals surface area contributed by atoms with Crippen molar-refractivity contribution in [2.45, 2.75) is 13.8 Å². The minimum atomic E-state index is 0.0132. The van der Waals surface area contributed by atoms with Crippen molar-refractivity contribution in [2.24, 2.45) is 0 Å². The summed E-state index contributed by atoms with van der Waals surface area (Å²) in [6.45, 7) is 10.2. The molecule has 1 aromatic carbocycles. The number of aromatic amines is 1. The standard InChI is InChI=1S/C18H26N4O/c1-13-14(2)20-17-5-4-15(12-16(13)17)18(23)19-6-7-22-10-8-21(3)9-11-22/h4-5,12,20H,6-11H2,1-3H3,(H,19,23). The van der Waals surface area contributed by atoms with Crippen LogP contribution < -0.4 is 5.32 Å². The maximum Gasteiger partial charge on any atom is 0.251 e. The second-order valence-corrected chi connectivity index (χ2v) is 6.54. The molecular formula is C18H26N4O. The molecule has 0 saturated carbocycles. The predicted molar refractivity (Wildman–Crippen MR) is 94.0 cm³/mol. The number of benzene rings is 1. The van der Waals surface area contributed by atoms with Gasteiger partial charge in [-0.05, 0) is 44.7 Å². The largest absolute Gasteiger partial charge is 0.358 e. The first-order valence-corrected chi connectivity index (χ1v) is 8.32. The Labute approximate surface area is 137 Å². The van der Waals surface area contributed by atoms with Gasteiger partial charge in [0.2, 0.25) is 0 Å². The zero-order chi connectivity index (χ0) is 16.4. The number of aryl methyl sites for hydroxylation is 2. The number of fused-ring (bicyclic) bond motifs is 1. The fourth-order valence-corrected chi connectivity index (χ4v) is 3.10. The lowest BCUT2D eigenvalue weighted by Crippen LogP contribution is -2.46. The van der Waals surface area contributed by atoms with Crippen LogP contribution >= 0.6 is 0 Å². The molecule has 5 nitrogen and oxygen atoms in total. The highest BCUT2D eigenvalue weighted by atomic mass is 16.1. The van der Waals surface area contributed by atoms with Crippen LogP contribution in [0.2, 0.25) is 0 Å². The molecule has 1 aliphatic rings. The molecule has 0 spiro atoms. The van der Waals surface area contributed by atoms with Crippen LogP contribution in [0.1, 0.15) is 21.6 Å². The number of nitrogens with zero attached hydrogens (tertiary/aromatic N) is 2. The summed E-state index contributed by atoms with van der Waals surface area (Å²) >= 11 is 0. The quantitative estimate of drug-likeness (QED) is 0.904. The van der Waals surface area contributed by atoms with Crippen LogP contribution in [-0.2, 0) is 0 Å². The zero-order valence-corrected chi connectivity index (χ0v) is 14.3. The Morgan fingerprint density at radius 3 is 2.70 bits per heavy atom. The van der Waals surface area contributed by atoms with E-state index in [0.29, 0.717) is 6.54 Å². The number of H-pyrrole nitrogens is 1. The van der Waals surface area contributed by atoms with Gasteiger partial charge in [-0.3, -0.25) is 9.69 Å². The Hall–Kier alpha value is -1.85. The maximum absolute atomic E-state index is 12.4. The van der Waals surface area contributed by atoms with Crippen molar-refractivity contribution >= 4 is 16.8 Å². The zero-order valence-electron chi connectivity index (χ0n) is 14.3. The number of hydrogen-bond acceptors (Lipinski definition) is 3. The van der Waals surface area contributed by atoms with Crippen LogP contribution in [0.15, 0.2) is 18.2 Å². The van der Waals surface area contributed by atoms with E-state index in [1.807, 2.05) is 18.2 Å². The van der Waals surface area contributed by atoms with Crippen LogP contribution in [0.25, 0.3) is 10.9 Å². The molecular weight excluding hydrogens is 288 g/mol. The van der Waals surface area contributed by atoms with Crippen molar-refractivity contribution in [3.8, 4) is 0 Å². The van der Waals surface area contributed by atoms with E-state index in [1.165, 1.54) is 5.56 Å². The van der Waals surface area contributed by atoms with Gasteiger partial charge in [-0.2, -0.15) is 0 Å². The van der Waals surface area contributed by atoms with E-state index >= 15 is 0 Å². The number of likely N-dealkylation sites (N-methyl/N-ethyl adjacent to an activating group) is 1. The summed E-state index contributed by atoms with van der Waals surface area (Å²) in [5, 5.41) is 4.18. The van der Waals surface area contributed by atoms with Gasteiger partial charge in [-0.1, -0.05) is 0 Å². The summed E-state index contributed by atoms with van der Waals surface area (Å²) in [7, 11) is 2.15. The van der Waals surface area contributed by atoms with Gasteiger partial charge in [-0.25, -0.2) is 0 Å². The number of amides is 1. The molecule has 0 aliphatic carbocycles. The molecule has 0 atom stereocenters. The molecule has 2 N–H and O–H groups in total. The first-order chi connectivity index (χ1) is 11.0. The van der Waals surface area contributed by atoms with Crippen LogP contribution in [0.5, 0.6) is 0 Å². The van der Waals surface area contributed by atoms with Crippen molar-refractivity contribution in [3.63, 3.8) is 0 Å². The highest BCUT2D eigenvalue weighted by Gasteiger charge is 2.14. The van der Waals surface area contributed by atoms with E-state index in [0.717, 1.165) is 54.9 Å². The third kappa shape index (κ3) is 3.57. The van der Waals surface area contributed by atoms with E-state index in [1.54, 1.807) is 0 Å². The molecule has 1 amide bonds. The second-order valence-electron chi connectivity index (χ2n) is 6.54. The summed E-state index contributed by atoms with van der Waals surface area (Å²) < 4.78 is 0. The van der Waals surface area contributed by atoms with Crippen LogP contribution in [-0.4, -0.2) is 67.0 Å². The van der Waals surface area contributed by atoms with Gasteiger partial charge in [-0.15, -0.1) is 0 Å². The van der Waals surface area contributed by atoms with E-state index in [-0.39, 0.29) is 5.91 Å². The minimum Gasteiger partial charge on any atom is -0.358 e. The lowest BCUT2D eigenvalue weighted by Gasteiger charge is -2.32. The van der Waals surface area contributed by atoms with Gasteiger partial charge >= 0.3 is 0 Å². The van der Waals surface area contributed by atoms with Crippen LogP contribution in [0.4, 0.5) is 0 Å². The number of piperazine rings is 1. The molecule has 1 fully saturated rings. The molecule has 1 saturated heterocycles. The average Bonchev–Trinajstić information content (AvgIpc) is 2.83. The molecule has 0 bridgehead atoms. The number of aromatic nitrogens is 1. The third-order valence-corrected chi connectivity index (χ3v) is 4.88. The monoisotopic (exact) mass is 314 g/mol. The van der Waals surface area contributed by atoms with Crippen LogP contribution in [0, 0.1) is 13.8 Å². The average molecular weight is 314 g/mol. The Kier molecular flexibility index (Phi) is 4.68. The van der Waals surface area contributed by atoms with Crippen LogP contribution in [0.3, 0.4) is 0 Å². The smallest absolute Gasteiger partial charge is 0.251 e. The van der Waals surface area contributed by atoms with Gasteiger partial charge in [0, 0.05) is 61.4 Å². The van der Waals surface area contributed by atoms with Crippen molar-refractivity contribution in [1.29, 1.82) is 0 Å². The van der Waals surface area contributed by atoms with Gasteiger partial charge in [0.15, 0.2) is 0 Å². The highest BCUT2D eigenvalue weighted by molar-refractivity contribution is 5.99. The summed E-state index contributed by atoms with van der Waals surface area (Å²) in [6, 6.07) is 5.87. The summed E-state index contributed by atoms with van der Waals surface area (Å²) in [6.07, 6.45) is 0. The number of carbonyl (C=O) groups excluding carboxylic acids is 1. The molecule has 2 aromatic rings. The van der Waals surface area contributed by atoms with Gasteiger partial charge in [0.1, 0.15) is 0 Å². The fourth-order valence-electron chi connectivity index (χ4n) is 3.10. The topological polar surface area (TPSA) is 51.4 Å². The Morgan fingerprint density at radius 2 is 1.96 bits per heavy atom. The molecule has 1 aliphatic heterocycles. The maximum atomic E-state index is 12.4. The van der Waals surface area contributed by atoms with Crippen molar-refractivity contribution in [3.05, 3.63) is 35.0 Å². The van der Waals surface area contributed by atoms with Gasteiger partial charge in [0.05, 0.1) is 0 Å². The first-order valence-electron chi connectivity index (χ1n) is 8.32. The summed E-state index contributed by atoms with van der Waals surface area (Å²) in [5.41, 5.74) is 4.20. The van der Waals surface area contributed by atoms with Gasteiger partial charge < -0.3 is 15.2 Å². The van der Waals surface area contributed by atoms with Crippen molar-refractivity contribution < 1.29 is 4.79 Å². The van der Waals surface area contributed by atoms with E-state index in [4.69, 9.17) is 0 Å². The Bertz CT molecular complexity index is 698. The SMILES string of the molecule is Cc1[nH]c2ccc(C(=O)NCCN3CCN(C)CC3)cc2c1C. The van der Waals surface area contributed by atoms with Crippen molar-refractivity contribution in [2.75, 3.05) is 46.3 Å². The number of hydrogen-bond donors (Lipinski definition) is 2. The lowest BCUT2D eigenvalue weighted by molar-refractivity contribution is 0.0941. The summed E-state index contributed by atoms with van der Waals surface area (Å²) in [5.74, 6) is 0.0132. The highest BCUT2D eigenvalue weighted by Crippen LogP contribution is 2.22. The second kappa shape index (κ2) is 6.72. The molecule has 124 valence electrons. The number of rotatable bonds is 4. The number of nitrogens with one attached hydrogen (secondary N) is 2. The lowest BCUT2D eigenvalue weighted by atomic mass is 10.1. The predicted octanol–water partition coefficient (Wildman–Crippen LogP) is 1.76. The third-order valence-electron chi connectivity index (χ3n) is 4.88. The van der Waals surface area contributed by atoms with E-state index in [2.05, 4.69) is 41.0 Å². The molecule has 0 radical (unpaired) electrons.